The van der Waals surface area contributed by atoms with Gasteiger partial charge in [-0.15, -0.1) is 0 Å². The zero-order valence-electron chi connectivity index (χ0n) is 22.8. The van der Waals surface area contributed by atoms with Gasteiger partial charge in [0.1, 0.15) is 17.4 Å². The number of likely N-dealkylation sites (N-methyl/N-ethyl adjacent to an activating group) is 1. The van der Waals surface area contributed by atoms with E-state index in [0.717, 1.165) is 29.2 Å². The molecule has 208 valence electrons. The molecule has 11 nitrogen and oxygen atoms in total. The lowest BCUT2D eigenvalue weighted by Crippen LogP contribution is -2.31. The molecule has 1 aliphatic rings. The Morgan fingerprint density at radius 3 is 2.60 bits per heavy atom. The van der Waals surface area contributed by atoms with Crippen molar-refractivity contribution in [3.8, 4) is 17.7 Å². The first-order chi connectivity index (χ1) is 19.1. The summed E-state index contributed by atoms with van der Waals surface area (Å²) in [5.41, 5.74) is 9.40. The van der Waals surface area contributed by atoms with Gasteiger partial charge in [-0.25, -0.2) is 9.78 Å². The highest BCUT2D eigenvalue weighted by atomic mass is 16.7. The molecule has 0 fully saturated rings. The third-order valence-corrected chi connectivity index (χ3v) is 6.46. The summed E-state index contributed by atoms with van der Waals surface area (Å²) in [6.45, 7) is 8.15. The van der Waals surface area contributed by atoms with Gasteiger partial charge in [0.05, 0.1) is 16.7 Å². The number of hydrogen-bond acceptors (Lipinski definition) is 9. The Morgan fingerprint density at radius 2 is 1.98 bits per heavy atom. The van der Waals surface area contributed by atoms with Crippen LogP contribution in [0.4, 0.5) is 10.5 Å². The molecule has 0 saturated heterocycles. The number of carbonyl (C=O) groups is 2. The number of amides is 1. The Kier molecular flexibility index (Phi) is 9.89. The highest BCUT2D eigenvalue weighted by Crippen LogP contribution is 2.29. The van der Waals surface area contributed by atoms with E-state index in [1.54, 1.807) is 19.9 Å². The molecule has 2 N–H and O–H groups in total. The van der Waals surface area contributed by atoms with Crippen LogP contribution in [0, 0.1) is 28.4 Å². The van der Waals surface area contributed by atoms with E-state index in [1.807, 2.05) is 26.0 Å². The summed E-state index contributed by atoms with van der Waals surface area (Å²) in [4.78, 5) is 41.9. The molecule has 1 unspecified atom stereocenters. The van der Waals surface area contributed by atoms with Crippen LogP contribution in [-0.4, -0.2) is 46.0 Å². The molecule has 40 heavy (non-hydrogen) atoms. The molecule has 0 spiro atoms. The Bertz CT molecular complexity index is 1450. The van der Waals surface area contributed by atoms with E-state index < -0.39 is 22.7 Å². The van der Waals surface area contributed by atoms with Crippen LogP contribution in [0.25, 0.3) is 6.08 Å². The minimum Gasteiger partial charge on any atom is -0.394 e. The number of ether oxygens (including phenoxy) is 2. The van der Waals surface area contributed by atoms with Crippen LogP contribution < -0.4 is 15.2 Å². The zero-order valence-corrected chi connectivity index (χ0v) is 22.8. The first-order valence-electron chi connectivity index (χ1n) is 12.8. The van der Waals surface area contributed by atoms with Crippen molar-refractivity contribution < 1.29 is 24.0 Å². The van der Waals surface area contributed by atoms with Crippen LogP contribution in [0.3, 0.4) is 0 Å². The van der Waals surface area contributed by atoms with Crippen LogP contribution in [0.5, 0.6) is 11.6 Å². The molecule has 0 aliphatic heterocycles. The summed E-state index contributed by atoms with van der Waals surface area (Å²) in [5, 5.41) is 21.0. The van der Waals surface area contributed by atoms with Gasteiger partial charge in [-0.3, -0.25) is 14.9 Å². The van der Waals surface area contributed by atoms with E-state index in [2.05, 4.69) is 11.1 Å². The van der Waals surface area contributed by atoms with Crippen molar-refractivity contribution >= 4 is 23.8 Å². The summed E-state index contributed by atoms with van der Waals surface area (Å²) in [6, 6.07) is 8.57. The second kappa shape index (κ2) is 13.3. The molecule has 0 saturated carbocycles. The van der Waals surface area contributed by atoms with Gasteiger partial charge in [0.25, 0.3) is 11.6 Å². The number of rotatable bonds is 9. The van der Waals surface area contributed by atoms with Gasteiger partial charge in [0.15, 0.2) is 0 Å². The second-order valence-electron chi connectivity index (χ2n) is 9.02. The van der Waals surface area contributed by atoms with Crippen molar-refractivity contribution in [2.45, 2.75) is 46.6 Å². The number of benzene rings is 1. The topological polar surface area (TPSA) is 162 Å². The number of pyridine rings is 1. The SMILES string of the molecule is C/C=C1\C(Cc2nc(OC(=O)Oc3cc(/C=C(\C#N)C(=O)N(CC)CC)cc([N+](=O)[O-])c3)ccc2C)=CCC1N. The standard InChI is InChI=1S/C29H31N5O6/c1-5-24-20(9-10-25(24)31)15-26-18(4)8-11-27(32-26)40-29(36)39-23-14-19(13-22(16-23)34(37)38)12-21(17-30)28(35)33(6-2)7-3/h5,8-9,11-14,16,25H,6-7,10,15,31H2,1-4H3/b21-12+,24-5+. The quantitative estimate of drug-likeness (QED) is 0.116. The molecular weight excluding hydrogens is 514 g/mol. The van der Waals surface area contributed by atoms with Crippen molar-refractivity contribution in [1.29, 1.82) is 5.26 Å². The minimum atomic E-state index is -1.16. The zero-order chi connectivity index (χ0) is 29.4. The number of nitro benzene ring substituents is 1. The van der Waals surface area contributed by atoms with Gasteiger partial charge >= 0.3 is 6.16 Å². The van der Waals surface area contributed by atoms with Crippen LogP contribution in [0.2, 0.25) is 0 Å². The average Bonchev–Trinajstić information content (AvgIpc) is 3.28. The van der Waals surface area contributed by atoms with Crippen molar-refractivity contribution in [1.82, 2.24) is 9.88 Å². The number of hydrogen-bond donors (Lipinski definition) is 1. The van der Waals surface area contributed by atoms with Crippen LogP contribution in [-0.2, 0) is 11.2 Å². The molecule has 1 aliphatic carbocycles. The number of aryl methyl sites for hydroxylation is 1. The van der Waals surface area contributed by atoms with Crippen molar-refractivity contribution in [3.05, 3.63) is 86.1 Å². The molecule has 1 heterocycles. The van der Waals surface area contributed by atoms with E-state index in [0.29, 0.717) is 25.2 Å². The highest BCUT2D eigenvalue weighted by Gasteiger charge is 2.21. The summed E-state index contributed by atoms with van der Waals surface area (Å²) < 4.78 is 10.5. The number of carbonyl (C=O) groups excluding carboxylic acids is 2. The first-order valence-corrected chi connectivity index (χ1v) is 12.8. The third kappa shape index (κ3) is 7.18. The fraction of sp³-hybridized carbons (Fsp3) is 0.310. The predicted octanol–water partition coefficient (Wildman–Crippen LogP) is 4.80. The van der Waals surface area contributed by atoms with Crippen LogP contribution in [0.15, 0.2) is 59.2 Å². The predicted molar refractivity (Wildman–Crippen MR) is 148 cm³/mol. The van der Waals surface area contributed by atoms with Gasteiger partial charge in [-0.1, -0.05) is 18.2 Å². The van der Waals surface area contributed by atoms with Gasteiger partial charge < -0.3 is 20.1 Å². The van der Waals surface area contributed by atoms with Crippen LogP contribution >= 0.6 is 0 Å². The maximum Gasteiger partial charge on any atom is 0.520 e. The Balaban J connectivity index is 1.82. The molecule has 3 rings (SSSR count). The van der Waals surface area contributed by atoms with E-state index in [4.69, 9.17) is 15.2 Å². The van der Waals surface area contributed by atoms with Gasteiger partial charge in [0, 0.05) is 37.7 Å². The molecule has 11 heteroatoms. The monoisotopic (exact) mass is 545 g/mol. The first kappa shape index (κ1) is 29.7. The van der Waals surface area contributed by atoms with Crippen molar-refractivity contribution in [2.24, 2.45) is 5.73 Å². The van der Waals surface area contributed by atoms with Crippen molar-refractivity contribution in [3.63, 3.8) is 0 Å². The molecule has 0 radical (unpaired) electrons. The van der Waals surface area contributed by atoms with E-state index in [-0.39, 0.29) is 28.8 Å². The largest absolute Gasteiger partial charge is 0.520 e. The number of allylic oxidation sites excluding steroid dienone is 1. The number of non-ortho nitro benzene ring substituents is 1. The number of nitriles is 1. The minimum absolute atomic E-state index is 0.00217. The molecule has 1 aromatic carbocycles. The molecule has 1 atom stereocenters. The fourth-order valence-corrected chi connectivity index (χ4v) is 4.34. The van der Waals surface area contributed by atoms with E-state index >= 15 is 0 Å². The molecule has 1 amide bonds. The molecule has 0 bridgehead atoms. The van der Waals surface area contributed by atoms with Gasteiger partial charge in [-0.2, -0.15) is 5.26 Å². The molecular formula is C29H31N5O6. The third-order valence-electron chi connectivity index (χ3n) is 6.46. The lowest BCUT2D eigenvalue weighted by molar-refractivity contribution is -0.384. The highest BCUT2D eigenvalue weighted by molar-refractivity contribution is 6.01. The van der Waals surface area contributed by atoms with E-state index in [9.17, 15) is 25.0 Å². The number of nitrogens with zero attached hydrogens (tertiary/aromatic N) is 4. The Hall–Kier alpha value is -4.82. The van der Waals surface area contributed by atoms with Gasteiger partial charge in [-0.05, 0) is 68.5 Å². The number of nitro groups is 1. The Labute approximate surface area is 232 Å². The molecule has 2 aromatic rings. The fourth-order valence-electron chi connectivity index (χ4n) is 4.34. The summed E-state index contributed by atoms with van der Waals surface area (Å²) in [5.74, 6) is -0.718. The lowest BCUT2D eigenvalue weighted by atomic mass is 9.99. The maximum absolute atomic E-state index is 12.6. The summed E-state index contributed by atoms with van der Waals surface area (Å²) >= 11 is 0. The number of nitrogens with two attached hydrogens (primary N) is 1. The van der Waals surface area contributed by atoms with Crippen LogP contribution in [0.1, 0.15) is 44.0 Å². The van der Waals surface area contributed by atoms with E-state index in [1.165, 1.54) is 29.2 Å². The smallest absolute Gasteiger partial charge is 0.394 e. The summed E-state index contributed by atoms with van der Waals surface area (Å²) in [6.07, 6.45) is 5.37. The molecule has 1 aromatic heterocycles. The second-order valence-corrected chi connectivity index (χ2v) is 9.02. The maximum atomic E-state index is 12.6. The Morgan fingerprint density at radius 1 is 1.25 bits per heavy atom. The van der Waals surface area contributed by atoms with Crippen molar-refractivity contribution in [2.75, 3.05) is 13.1 Å². The average molecular weight is 546 g/mol. The van der Waals surface area contributed by atoms with Gasteiger partial charge in [0.2, 0.25) is 5.88 Å². The number of aromatic nitrogens is 1. The lowest BCUT2D eigenvalue weighted by Gasteiger charge is -2.17. The normalized spacial score (nSPS) is 15.8. The summed E-state index contributed by atoms with van der Waals surface area (Å²) in [7, 11) is 0.